The molecule has 0 radical (unpaired) electrons. The number of rotatable bonds is 6. The van der Waals surface area contributed by atoms with Crippen LogP contribution < -0.4 is 0 Å². The average molecular weight is 284 g/mol. The number of hydrogen-bond acceptors (Lipinski definition) is 2. The highest BCUT2D eigenvalue weighted by Gasteiger charge is 2.23. The highest BCUT2D eigenvalue weighted by Crippen LogP contribution is 2.27. The zero-order chi connectivity index (χ0) is 15.1. The molecule has 2 rings (SSSR count). The first kappa shape index (κ1) is 15.6. The first-order chi connectivity index (χ1) is 10.2. The van der Waals surface area contributed by atoms with Gasteiger partial charge in [-0.25, -0.2) is 0 Å². The molecular formula is C19H24O2. The third-order valence-corrected chi connectivity index (χ3v) is 4.29. The van der Waals surface area contributed by atoms with E-state index in [0.717, 1.165) is 25.7 Å². The van der Waals surface area contributed by atoms with Crippen molar-refractivity contribution in [1.82, 2.24) is 0 Å². The van der Waals surface area contributed by atoms with Crippen molar-refractivity contribution in [1.29, 1.82) is 0 Å². The van der Waals surface area contributed by atoms with Crippen molar-refractivity contribution in [3.8, 4) is 0 Å². The van der Waals surface area contributed by atoms with E-state index in [1.807, 2.05) is 30.4 Å². The second kappa shape index (κ2) is 7.26. The second-order valence-electron chi connectivity index (χ2n) is 5.87. The van der Waals surface area contributed by atoms with Gasteiger partial charge in [-0.05, 0) is 25.3 Å². The average Bonchev–Trinajstić information content (AvgIpc) is 3.06. The number of hydrogen-bond donors (Lipinski definition) is 0. The molecule has 112 valence electrons. The summed E-state index contributed by atoms with van der Waals surface area (Å²) < 4.78 is 5.34. The SMILES string of the molecule is C=C[C@@](C)(/C=C/COC(=O)C1CCCC1)c1ccccc1. The van der Waals surface area contributed by atoms with Crippen LogP contribution in [0.1, 0.15) is 38.2 Å². The minimum atomic E-state index is -0.235. The van der Waals surface area contributed by atoms with Crippen molar-refractivity contribution < 1.29 is 9.53 Å². The number of benzene rings is 1. The van der Waals surface area contributed by atoms with Crippen LogP contribution in [0.15, 0.2) is 55.1 Å². The third-order valence-electron chi connectivity index (χ3n) is 4.29. The molecule has 0 heterocycles. The summed E-state index contributed by atoms with van der Waals surface area (Å²) in [4.78, 5) is 11.8. The number of ether oxygens (including phenoxy) is 1. The number of carbonyl (C=O) groups is 1. The fraction of sp³-hybridized carbons (Fsp3) is 0.421. The van der Waals surface area contributed by atoms with Gasteiger partial charge >= 0.3 is 5.97 Å². The number of esters is 1. The van der Waals surface area contributed by atoms with Crippen molar-refractivity contribution in [2.24, 2.45) is 5.92 Å². The summed E-state index contributed by atoms with van der Waals surface area (Å²) in [5.74, 6) is 0.0791. The topological polar surface area (TPSA) is 26.3 Å². The summed E-state index contributed by atoms with van der Waals surface area (Å²) in [5, 5.41) is 0. The summed E-state index contributed by atoms with van der Waals surface area (Å²) in [7, 11) is 0. The lowest BCUT2D eigenvalue weighted by molar-refractivity contribution is -0.147. The Bertz CT molecular complexity index is 498. The number of carbonyl (C=O) groups excluding carboxylic acids is 1. The Kier molecular flexibility index (Phi) is 5.38. The van der Waals surface area contributed by atoms with Crippen molar-refractivity contribution in [2.75, 3.05) is 6.61 Å². The maximum atomic E-state index is 11.8. The van der Waals surface area contributed by atoms with E-state index in [0.29, 0.717) is 6.61 Å². The van der Waals surface area contributed by atoms with E-state index in [1.54, 1.807) is 0 Å². The Hall–Kier alpha value is -1.83. The van der Waals surface area contributed by atoms with Crippen molar-refractivity contribution in [3.05, 3.63) is 60.7 Å². The Morgan fingerprint density at radius 1 is 1.33 bits per heavy atom. The Balaban J connectivity index is 1.89. The molecule has 1 aromatic rings. The van der Waals surface area contributed by atoms with Gasteiger partial charge in [-0.15, -0.1) is 6.58 Å². The van der Waals surface area contributed by atoms with E-state index in [9.17, 15) is 4.79 Å². The van der Waals surface area contributed by atoms with Crippen LogP contribution >= 0.6 is 0 Å². The first-order valence-corrected chi connectivity index (χ1v) is 7.69. The standard InChI is InChI=1S/C19H24O2/c1-3-19(2,17-12-5-4-6-13-17)14-9-15-21-18(20)16-10-7-8-11-16/h3-6,9,12-14,16H,1,7-8,10-11,15H2,2H3/b14-9+/t19-/m0/s1. The largest absolute Gasteiger partial charge is 0.461 e. The summed E-state index contributed by atoms with van der Waals surface area (Å²) >= 11 is 0. The van der Waals surface area contributed by atoms with Crippen molar-refractivity contribution >= 4 is 5.97 Å². The third kappa shape index (κ3) is 4.07. The second-order valence-corrected chi connectivity index (χ2v) is 5.87. The Morgan fingerprint density at radius 3 is 2.62 bits per heavy atom. The highest BCUT2D eigenvalue weighted by molar-refractivity contribution is 5.72. The molecule has 0 saturated heterocycles. The lowest BCUT2D eigenvalue weighted by atomic mass is 9.82. The van der Waals surface area contributed by atoms with Crippen molar-refractivity contribution in [3.63, 3.8) is 0 Å². The lowest BCUT2D eigenvalue weighted by Crippen LogP contribution is -2.17. The fourth-order valence-electron chi connectivity index (χ4n) is 2.78. The maximum absolute atomic E-state index is 11.8. The van der Waals surface area contributed by atoms with Crippen LogP contribution in [-0.2, 0) is 14.9 Å². The van der Waals surface area contributed by atoms with Crippen LogP contribution in [0.25, 0.3) is 0 Å². The summed E-state index contributed by atoms with van der Waals surface area (Å²) in [6.07, 6.45) is 10.2. The Morgan fingerprint density at radius 2 is 2.00 bits per heavy atom. The van der Waals surface area contributed by atoms with Crippen LogP contribution in [0.2, 0.25) is 0 Å². The maximum Gasteiger partial charge on any atom is 0.309 e. The van der Waals surface area contributed by atoms with Gasteiger partial charge in [0.2, 0.25) is 0 Å². The molecule has 0 aliphatic heterocycles. The van der Waals surface area contributed by atoms with Gasteiger partial charge < -0.3 is 4.74 Å². The van der Waals surface area contributed by atoms with E-state index < -0.39 is 0 Å². The number of allylic oxidation sites excluding steroid dienone is 2. The van der Waals surface area contributed by atoms with E-state index in [-0.39, 0.29) is 17.3 Å². The van der Waals surface area contributed by atoms with Gasteiger partial charge in [0.1, 0.15) is 6.61 Å². The molecule has 1 aliphatic rings. The molecule has 1 aliphatic carbocycles. The van der Waals surface area contributed by atoms with Crippen LogP contribution in [0.5, 0.6) is 0 Å². The molecule has 1 fully saturated rings. The van der Waals surface area contributed by atoms with Crippen LogP contribution in [0.4, 0.5) is 0 Å². The van der Waals surface area contributed by atoms with Gasteiger partial charge in [0.25, 0.3) is 0 Å². The Labute approximate surface area is 127 Å². The summed E-state index contributed by atoms with van der Waals surface area (Å²) in [5.41, 5.74) is 0.944. The minimum absolute atomic E-state index is 0.0443. The van der Waals surface area contributed by atoms with Gasteiger partial charge in [0.15, 0.2) is 0 Å². The zero-order valence-corrected chi connectivity index (χ0v) is 12.8. The molecule has 1 saturated carbocycles. The van der Waals surface area contributed by atoms with Crippen LogP contribution in [0, 0.1) is 5.92 Å². The van der Waals surface area contributed by atoms with Crippen molar-refractivity contribution in [2.45, 2.75) is 38.0 Å². The van der Waals surface area contributed by atoms with E-state index >= 15 is 0 Å². The normalized spacial score (nSPS) is 18.5. The summed E-state index contributed by atoms with van der Waals surface area (Å²) in [6.45, 7) is 6.37. The molecule has 2 nitrogen and oxygen atoms in total. The molecule has 0 spiro atoms. The first-order valence-electron chi connectivity index (χ1n) is 7.69. The quantitative estimate of drug-likeness (QED) is 0.571. The van der Waals surface area contributed by atoms with E-state index in [1.165, 1.54) is 5.56 Å². The van der Waals surface area contributed by atoms with Gasteiger partial charge in [0.05, 0.1) is 5.92 Å². The molecule has 1 aromatic carbocycles. The predicted octanol–water partition coefficient (Wildman–Crippen LogP) is 4.42. The van der Waals surface area contributed by atoms with E-state index in [2.05, 4.69) is 31.7 Å². The van der Waals surface area contributed by atoms with Crippen LogP contribution in [0.3, 0.4) is 0 Å². The molecule has 0 unspecified atom stereocenters. The monoisotopic (exact) mass is 284 g/mol. The zero-order valence-electron chi connectivity index (χ0n) is 12.8. The van der Waals surface area contributed by atoms with Gasteiger partial charge in [-0.2, -0.15) is 0 Å². The molecule has 0 aromatic heterocycles. The highest BCUT2D eigenvalue weighted by atomic mass is 16.5. The van der Waals surface area contributed by atoms with Crippen LogP contribution in [-0.4, -0.2) is 12.6 Å². The molecule has 1 atom stereocenters. The molecule has 21 heavy (non-hydrogen) atoms. The van der Waals surface area contributed by atoms with Gasteiger partial charge in [0, 0.05) is 5.41 Å². The fourth-order valence-corrected chi connectivity index (χ4v) is 2.78. The smallest absolute Gasteiger partial charge is 0.309 e. The molecule has 0 bridgehead atoms. The molecule has 2 heteroatoms. The van der Waals surface area contributed by atoms with Gasteiger partial charge in [-0.1, -0.05) is 61.4 Å². The molecular weight excluding hydrogens is 260 g/mol. The van der Waals surface area contributed by atoms with E-state index in [4.69, 9.17) is 4.74 Å². The minimum Gasteiger partial charge on any atom is -0.461 e. The molecule has 0 amide bonds. The van der Waals surface area contributed by atoms with Gasteiger partial charge in [-0.3, -0.25) is 4.79 Å². The predicted molar refractivity (Wildman–Crippen MR) is 86.0 cm³/mol. The summed E-state index contributed by atoms with van der Waals surface area (Å²) in [6, 6.07) is 10.2. The molecule has 0 N–H and O–H groups in total. The lowest BCUT2D eigenvalue weighted by Gasteiger charge is -2.22.